The highest BCUT2D eigenvalue weighted by molar-refractivity contribution is 6.36. The van der Waals surface area contributed by atoms with Gasteiger partial charge in [0, 0.05) is 29.9 Å². The second-order valence-corrected chi connectivity index (χ2v) is 5.21. The fourth-order valence-electron chi connectivity index (χ4n) is 1.63. The van der Waals surface area contributed by atoms with Crippen molar-refractivity contribution in [2.45, 2.75) is 6.92 Å². The monoisotopic (exact) mass is 310 g/mol. The van der Waals surface area contributed by atoms with Gasteiger partial charge in [0.1, 0.15) is 0 Å². The lowest BCUT2D eigenvalue weighted by Gasteiger charge is -2.09. The van der Waals surface area contributed by atoms with Gasteiger partial charge in [-0.2, -0.15) is 0 Å². The molecule has 0 spiro atoms. The van der Waals surface area contributed by atoms with Gasteiger partial charge in [0.15, 0.2) is 0 Å². The van der Waals surface area contributed by atoms with E-state index < -0.39 is 5.91 Å². The zero-order valence-electron chi connectivity index (χ0n) is 10.9. The van der Waals surface area contributed by atoms with E-state index in [1.165, 1.54) is 16.8 Å². The lowest BCUT2D eigenvalue weighted by Crippen LogP contribution is -2.20. The van der Waals surface area contributed by atoms with Crippen molar-refractivity contribution in [3.05, 3.63) is 62.0 Å². The predicted octanol–water partition coefficient (Wildman–Crippen LogP) is 3.25. The highest BCUT2D eigenvalue weighted by atomic mass is 35.5. The van der Waals surface area contributed by atoms with Crippen LogP contribution in [0.3, 0.4) is 0 Å². The highest BCUT2D eigenvalue weighted by Crippen LogP contribution is 2.29. The summed E-state index contributed by atoms with van der Waals surface area (Å²) in [5.74, 6) is -0.412. The molecule has 1 aromatic carbocycles. The molecule has 1 amide bonds. The number of aryl methyl sites for hydroxylation is 2. The van der Waals surface area contributed by atoms with Crippen molar-refractivity contribution in [2.24, 2.45) is 7.05 Å². The SMILES string of the molecule is Cc1cc(Cl)c(NC(=O)c2ccn(C)c(=O)c2)cc1Cl. The van der Waals surface area contributed by atoms with Crippen LogP contribution in [0.25, 0.3) is 0 Å². The predicted molar refractivity (Wildman–Crippen MR) is 80.8 cm³/mol. The summed E-state index contributed by atoms with van der Waals surface area (Å²) in [5.41, 5.74) is 1.24. The minimum Gasteiger partial charge on any atom is -0.321 e. The van der Waals surface area contributed by atoms with E-state index in [2.05, 4.69) is 5.32 Å². The van der Waals surface area contributed by atoms with Crippen LogP contribution in [0.2, 0.25) is 10.0 Å². The third-order valence-electron chi connectivity index (χ3n) is 2.86. The zero-order valence-corrected chi connectivity index (χ0v) is 12.4. The fourth-order valence-corrected chi connectivity index (χ4v) is 2.06. The van der Waals surface area contributed by atoms with Crippen molar-refractivity contribution in [3.8, 4) is 0 Å². The summed E-state index contributed by atoms with van der Waals surface area (Å²) in [7, 11) is 1.61. The first kappa shape index (κ1) is 14.6. The van der Waals surface area contributed by atoms with Gasteiger partial charge in [-0.05, 0) is 30.7 Å². The second kappa shape index (κ2) is 5.69. The molecule has 0 radical (unpaired) electrons. The molecule has 1 N–H and O–H groups in total. The molecule has 0 aliphatic carbocycles. The number of nitrogens with one attached hydrogen (secondary N) is 1. The summed E-state index contributed by atoms with van der Waals surface area (Å²) in [5, 5.41) is 3.54. The number of nitrogens with zero attached hydrogens (tertiary/aromatic N) is 1. The molecule has 0 atom stereocenters. The van der Waals surface area contributed by atoms with E-state index in [0.29, 0.717) is 15.7 Å². The van der Waals surface area contributed by atoms with E-state index in [4.69, 9.17) is 23.2 Å². The molecule has 2 rings (SSSR count). The minimum atomic E-state index is -0.412. The van der Waals surface area contributed by atoms with Gasteiger partial charge in [-0.15, -0.1) is 0 Å². The number of pyridine rings is 1. The summed E-state index contributed by atoms with van der Waals surface area (Å²) in [4.78, 5) is 23.6. The molecule has 20 heavy (non-hydrogen) atoms. The normalized spacial score (nSPS) is 10.4. The molecule has 0 fully saturated rings. The lowest BCUT2D eigenvalue weighted by molar-refractivity contribution is 0.102. The molecule has 1 heterocycles. The third kappa shape index (κ3) is 3.03. The van der Waals surface area contributed by atoms with Gasteiger partial charge in [-0.25, -0.2) is 0 Å². The highest BCUT2D eigenvalue weighted by Gasteiger charge is 2.11. The van der Waals surface area contributed by atoms with Crippen LogP contribution < -0.4 is 10.9 Å². The molecule has 0 saturated heterocycles. The molecule has 0 aliphatic rings. The Morgan fingerprint density at radius 3 is 2.55 bits per heavy atom. The standard InChI is InChI=1S/C14H12Cl2N2O2/c1-8-5-11(16)12(7-10(8)15)17-14(20)9-3-4-18(2)13(19)6-9/h3-7H,1-2H3,(H,17,20). The molecule has 0 aliphatic heterocycles. The van der Waals surface area contributed by atoms with Gasteiger partial charge in [0.2, 0.25) is 0 Å². The van der Waals surface area contributed by atoms with E-state index in [1.807, 2.05) is 6.92 Å². The molecule has 0 unspecified atom stereocenters. The van der Waals surface area contributed by atoms with Crippen LogP contribution in [0.4, 0.5) is 5.69 Å². The summed E-state index contributed by atoms with van der Waals surface area (Å²) in [6.45, 7) is 1.82. The first-order valence-corrected chi connectivity index (χ1v) is 6.58. The Bertz CT molecular complexity index is 738. The number of carbonyl (C=O) groups is 1. The number of rotatable bonds is 2. The van der Waals surface area contributed by atoms with E-state index in [0.717, 1.165) is 5.56 Å². The van der Waals surface area contributed by atoms with E-state index in [1.54, 1.807) is 25.2 Å². The summed E-state index contributed by atoms with van der Waals surface area (Å²) >= 11 is 12.0. The Balaban J connectivity index is 2.30. The van der Waals surface area contributed by atoms with Gasteiger partial charge < -0.3 is 9.88 Å². The maximum Gasteiger partial charge on any atom is 0.255 e. The summed E-state index contributed by atoms with van der Waals surface area (Å²) in [6.07, 6.45) is 1.53. The molecule has 4 nitrogen and oxygen atoms in total. The van der Waals surface area contributed by atoms with Gasteiger partial charge in [-0.3, -0.25) is 9.59 Å². The van der Waals surface area contributed by atoms with Crippen LogP contribution in [0.15, 0.2) is 35.3 Å². The summed E-state index contributed by atoms with van der Waals surface area (Å²) in [6, 6.07) is 6.07. The third-order valence-corrected chi connectivity index (χ3v) is 3.58. The topological polar surface area (TPSA) is 51.1 Å². The molecule has 6 heteroatoms. The Labute approximate surface area is 125 Å². The Morgan fingerprint density at radius 2 is 1.90 bits per heavy atom. The van der Waals surface area contributed by atoms with Crippen molar-refractivity contribution < 1.29 is 4.79 Å². The number of anilines is 1. The Morgan fingerprint density at radius 1 is 1.20 bits per heavy atom. The lowest BCUT2D eigenvalue weighted by atomic mass is 10.2. The van der Waals surface area contributed by atoms with Crippen LogP contribution in [0.5, 0.6) is 0 Å². The van der Waals surface area contributed by atoms with Crippen LogP contribution >= 0.6 is 23.2 Å². The average Bonchev–Trinajstić information content (AvgIpc) is 2.39. The van der Waals surface area contributed by atoms with Gasteiger partial charge in [0.05, 0.1) is 10.7 Å². The maximum absolute atomic E-state index is 12.1. The van der Waals surface area contributed by atoms with Gasteiger partial charge in [-0.1, -0.05) is 23.2 Å². The largest absolute Gasteiger partial charge is 0.321 e. The van der Waals surface area contributed by atoms with Gasteiger partial charge in [0.25, 0.3) is 11.5 Å². The molecule has 104 valence electrons. The van der Waals surface area contributed by atoms with Crippen LogP contribution in [0.1, 0.15) is 15.9 Å². The number of hydrogen-bond donors (Lipinski definition) is 1. The molecule has 0 bridgehead atoms. The Kier molecular flexibility index (Phi) is 4.16. The first-order chi connectivity index (χ1) is 9.38. The molecular formula is C14H12Cl2N2O2. The van der Waals surface area contributed by atoms with Crippen molar-refractivity contribution in [1.82, 2.24) is 4.57 Å². The number of benzene rings is 1. The van der Waals surface area contributed by atoms with Crippen LogP contribution in [-0.4, -0.2) is 10.5 Å². The van der Waals surface area contributed by atoms with Crippen molar-refractivity contribution >= 4 is 34.8 Å². The number of aromatic nitrogens is 1. The summed E-state index contributed by atoms with van der Waals surface area (Å²) < 4.78 is 1.38. The van der Waals surface area contributed by atoms with Gasteiger partial charge >= 0.3 is 0 Å². The number of hydrogen-bond acceptors (Lipinski definition) is 2. The minimum absolute atomic E-state index is 0.259. The van der Waals surface area contributed by atoms with Crippen molar-refractivity contribution in [1.29, 1.82) is 0 Å². The van der Waals surface area contributed by atoms with E-state index >= 15 is 0 Å². The molecule has 0 saturated carbocycles. The molecular weight excluding hydrogens is 299 g/mol. The van der Waals surface area contributed by atoms with E-state index in [9.17, 15) is 9.59 Å². The van der Waals surface area contributed by atoms with Crippen LogP contribution in [0, 0.1) is 6.92 Å². The maximum atomic E-state index is 12.1. The smallest absolute Gasteiger partial charge is 0.255 e. The van der Waals surface area contributed by atoms with Crippen molar-refractivity contribution in [3.63, 3.8) is 0 Å². The van der Waals surface area contributed by atoms with Crippen molar-refractivity contribution in [2.75, 3.05) is 5.32 Å². The average molecular weight is 311 g/mol. The fraction of sp³-hybridized carbons (Fsp3) is 0.143. The molecule has 1 aromatic heterocycles. The van der Waals surface area contributed by atoms with Crippen LogP contribution in [-0.2, 0) is 7.05 Å². The quantitative estimate of drug-likeness (QED) is 0.925. The Hall–Kier alpha value is -1.78. The zero-order chi connectivity index (χ0) is 14.9. The number of carbonyl (C=O) groups excluding carboxylic acids is 1. The number of halogens is 2. The molecule has 2 aromatic rings. The first-order valence-electron chi connectivity index (χ1n) is 5.82. The number of amides is 1. The second-order valence-electron chi connectivity index (χ2n) is 4.40. The van der Waals surface area contributed by atoms with E-state index in [-0.39, 0.29) is 11.1 Å².